The van der Waals surface area contributed by atoms with Crippen LogP contribution in [-0.2, 0) is 4.79 Å². The van der Waals surface area contributed by atoms with Crippen molar-refractivity contribution in [1.82, 2.24) is 14.8 Å². The van der Waals surface area contributed by atoms with Crippen LogP contribution in [0.2, 0.25) is 0 Å². The number of aromatic nitrogens is 3. The molecule has 1 aliphatic carbocycles. The van der Waals surface area contributed by atoms with Gasteiger partial charge in [-0.05, 0) is 24.8 Å². The topological polar surface area (TPSA) is 59.8 Å². The number of nitrogens with one attached hydrogen (secondary N) is 1. The first-order chi connectivity index (χ1) is 10.6. The van der Waals surface area contributed by atoms with Gasteiger partial charge in [-0.15, -0.1) is 0 Å². The number of nitrogens with zero attached hydrogens (tertiary/aromatic N) is 3. The number of carbonyl (C=O) groups excluding carboxylic acids is 1. The van der Waals surface area contributed by atoms with Gasteiger partial charge in [-0.1, -0.05) is 37.3 Å². The van der Waals surface area contributed by atoms with E-state index in [0.717, 1.165) is 29.2 Å². The van der Waals surface area contributed by atoms with Crippen LogP contribution in [0.4, 0.5) is 5.95 Å². The summed E-state index contributed by atoms with van der Waals surface area (Å²) in [6.07, 6.45) is 1.49. The molecule has 0 radical (unpaired) electrons. The summed E-state index contributed by atoms with van der Waals surface area (Å²) in [4.78, 5) is 17.1. The molecule has 0 amide bonds. The summed E-state index contributed by atoms with van der Waals surface area (Å²) in [7, 11) is 0. The highest BCUT2D eigenvalue weighted by atomic mass is 16.1. The van der Waals surface area contributed by atoms with Crippen molar-refractivity contribution in [2.75, 3.05) is 5.32 Å². The molecule has 4 rings (SSSR count). The Balaban J connectivity index is 1.92. The summed E-state index contributed by atoms with van der Waals surface area (Å²) < 4.78 is 1.84. The van der Waals surface area contributed by atoms with E-state index in [2.05, 4.69) is 22.3 Å². The number of hydrogen-bond donors (Lipinski definition) is 1. The number of anilines is 1. The molecule has 2 aliphatic rings. The Morgan fingerprint density at radius 3 is 2.77 bits per heavy atom. The number of hydrogen-bond acceptors (Lipinski definition) is 4. The van der Waals surface area contributed by atoms with E-state index in [-0.39, 0.29) is 11.8 Å². The summed E-state index contributed by atoms with van der Waals surface area (Å²) in [6, 6.07) is 9.90. The van der Waals surface area contributed by atoms with E-state index in [1.165, 1.54) is 0 Å². The van der Waals surface area contributed by atoms with Gasteiger partial charge in [-0.2, -0.15) is 10.1 Å². The molecule has 2 aromatic rings. The zero-order valence-electron chi connectivity index (χ0n) is 12.7. The third kappa shape index (κ3) is 1.96. The van der Waals surface area contributed by atoms with Crippen LogP contribution in [0.15, 0.2) is 41.6 Å². The lowest BCUT2D eigenvalue weighted by molar-refractivity contribution is -0.117. The van der Waals surface area contributed by atoms with Gasteiger partial charge >= 0.3 is 0 Å². The molecule has 112 valence electrons. The maximum Gasteiger partial charge on any atom is 0.226 e. The Bertz CT molecular complexity index is 775. The highest BCUT2D eigenvalue weighted by Crippen LogP contribution is 2.41. The Morgan fingerprint density at radius 2 is 2.00 bits per heavy atom. The third-order valence-electron chi connectivity index (χ3n) is 4.35. The molecule has 0 bridgehead atoms. The summed E-state index contributed by atoms with van der Waals surface area (Å²) >= 11 is 0. The fraction of sp³-hybridized carbons (Fsp3) is 0.353. The predicted molar refractivity (Wildman–Crippen MR) is 83.4 cm³/mol. The number of benzene rings is 1. The van der Waals surface area contributed by atoms with Gasteiger partial charge in [-0.25, -0.2) is 4.68 Å². The van der Waals surface area contributed by atoms with Gasteiger partial charge < -0.3 is 5.32 Å². The first-order valence-corrected chi connectivity index (χ1v) is 7.65. The fourth-order valence-electron chi connectivity index (χ4n) is 3.46. The minimum atomic E-state index is -0.173. The van der Waals surface area contributed by atoms with E-state index in [1.807, 2.05) is 41.9 Å². The maximum absolute atomic E-state index is 12.7. The zero-order valence-corrected chi connectivity index (χ0v) is 12.7. The highest BCUT2D eigenvalue weighted by molar-refractivity contribution is 5.99. The van der Waals surface area contributed by atoms with E-state index in [9.17, 15) is 4.79 Å². The van der Waals surface area contributed by atoms with Crippen molar-refractivity contribution in [3.63, 3.8) is 0 Å². The lowest BCUT2D eigenvalue weighted by atomic mass is 9.81. The molecule has 0 fully saturated rings. The molecule has 5 heteroatoms. The molecule has 1 aromatic heterocycles. The van der Waals surface area contributed by atoms with E-state index < -0.39 is 0 Å². The third-order valence-corrected chi connectivity index (χ3v) is 4.35. The number of ketones is 1. The SMILES string of the molecule is Cc1nc2n(n1)[C@H](c1ccccc1)C1=C(C[C@H](C)CC1=O)N2. The maximum atomic E-state index is 12.7. The van der Waals surface area contributed by atoms with Crippen LogP contribution < -0.4 is 5.32 Å². The lowest BCUT2D eigenvalue weighted by Gasteiger charge is -2.34. The van der Waals surface area contributed by atoms with Gasteiger partial charge in [0.05, 0.1) is 0 Å². The average Bonchev–Trinajstić information content (AvgIpc) is 2.85. The van der Waals surface area contributed by atoms with E-state index >= 15 is 0 Å². The summed E-state index contributed by atoms with van der Waals surface area (Å²) in [5, 5.41) is 7.84. The lowest BCUT2D eigenvalue weighted by Crippen LogP contribution is -2.33. The number of allylic oxidation sites excluding steroid dienone is 2. The molecular formula is C17H18N4O. The Labute approximate surface area is 129 Å². The smallest absolute Gasteiger partial charge is 0.226 e. The van der Waals surface area contributed by atoms with Gasteiger partial charge in [0, 0.05) is 17.7 Å². The quantitative estimate of drug-likeness (QED) is 0.878. The highest BCUT2D eigenvalue weighted by Gasteiger charge is 2.38. The Hall–Kier alpha value is -2.43. The largest absolute Gasteiger partial charge is 0.328 e. The summed E-state index contributed by atoms with van der Waals surface area (Å²) in [5.74, 6) is 2.02. The minimum absolute atomic E-state index is 0.173. The van der Waals surface area contributed by atoms with Gasteiger partial charge in [0.15, 0.2) is 5.78 Å². The number of carbonyl (C=O) groups is 1. The van der Waals surface area contributed by atoms with Crippen LogP contribution in [0.5, 0.6) is 0 Å². The van der Waals surface area contributed by atoms with Crippen molar-refractivity contribution in [3.05, 3.63) is 53.0 Å². The standard InChI is InChI=1S/C17H18N4O/c1-10-8-13-15(14(22)9-10)16(12-6-4-3-5-7-12)21-17(19-13)18-11(2)20-21/h3-7,10,16H,8-9H2,1-2H3,(H,18,19,20)/t10-,16+/m0/s1. The molecule has 1 aliphatic heterocycles. The van der Waals surface area contributed by atoms with Crippen LogP contribution in [0.3, 0.4) is 0 Å². The average molecular weight is 294 g/mol. The van der Waals surface area contributed by atoms with Crippen molar-refractivity contribution < 1.29 is 4.79 Å². The molecule has 0 unspecified atom stereocenters. The molecule has 5 nitrogen and oxygen atoms in total. The second-order valence-corrected chi connectivity index (χ2v) is 6.19. The van der Waals surface area contributed by atoms with Crippen LogP contribution in [0, 0.1) is 12.8 Å². The fourth-order valence-corrected chi connectivity index (χ4v) is 3.46. The van der Waals surface area contributed by atoms with Crippen molar-refractivity contribution >= 4 is 11.7 Å². The van der Waals surface area contributed by atoms with Crippen molar-refractivity contribution in [3.8, 4) is 0 Å². The molecule has 0 saturated heterocycles. The molecule has 2 heterocycles. The Kier molecular flexibility index (Phi) is 2.89. The van der Waals surface area contributed by atoms with Crippen LogP contribution >= 0.6 is 0 Å². The molecular weight excluding hydrogens is 276 g/mol. The zero-order chi connectivity index (χ0) is 15.3. The second kappa shape index (κ2) is 4.80. The summed E-state index contributed by atoms with van der Waals surface area (Å²) in [5.41, 5.74) is 2.93. The van der Waals surface area contributed by atoms with Crippen molar-refractivity contribution in [1.29, 1.82) is 0 Å². The van der Waals surface area contributed by atoms with Gasteiger partial charge in [0.1, 0.15) is 11.9 Å². The minimum Gasteiger partial charge on any atom is -0.328 e. The molecule has 1 aromatic carbocycles. The van der Waals surface area contributed by atoms with E-state index in [1.54, 1.807) is 0 Å². The van der Waals surface area contributed by atoms with Gasteiger partial charge in [0.2, 0.25) is 5.95 Å². The summed E-state index contributed by atoms with van der Waals surface area (Å²) in [6.45, 7) is 3.99. The molecule has 2 atom stereocenters. The number of aryl methyl sites for hydroxylation is 1. The van der Waals surface area contributed by atoms with Crippen LogP contribution in [0.25, 0.3) is 0 Å². The van der Waals surface area contributed by atoms with Crippen molar-refractivity contribution in [2.24, 2.45) is 5.92 Å². The van der Waals surface area contributed by atoms with Crippen LogP contribution in [0.1, 0.15) is 37.2 Å². The van der Waals surface area contributed by atoms with E-state index in [4.69, 9.17) is 0 Å². The number of rotatable bonds is 1. The monoisotopic (exact) mass is 294 g/mol. The first kappa shape index (κ1) is 13.2. The molecule has 0 spiro atoms. The van der Waals surface area contributed by atoms with Gasteiger partial charge in [0.25, 0.3) is 0 Å². The van der Waals surface area contributed by atoms with Gasteiger partial charge in [-0.3, -0.25) is 4.79 Å². The number of fused-ring (bicyclic) bond motifs is 1. The van der Waals surface area contributed by atoms with Crippen LogP contribution in [-0.4, -0.2) is 20.5 Å². The normalized spacial score (nSPS) is 23.8. The van der Waals surface area contributed by atoms with Crippen molar-refractivity contribution in [2.45, 2.75) is 32.7 Å². The Morgan fingerprint density at radius 1 is 1.23 bits per heavy atom. The number of Topliss-reactive ketones (excluding diaryl/α,β-unsaturated/α-hetero) is 1. The van der Waals surface area contributed by atoms with E-state index in [0.29, 0.717) is 18.2 Å². The molecule has 22 heavy (non-hydrogen) atoms. The molecule has 0 saturated carbocycles. The second-order valence-electron chi connectivity index (χ2n) is 6.19. The molecule has 1 N–H and O–H groups in total. The predicted octanol–water partition coefficient (Wildman–Crippen LogP) is 2.85. The first-order valence-electron chi connectivity index (χ1n) is 7.65.